The smallest absolute Gasteiger partial charge is 0.266 e. The molecule has 2 amide bonds. The van der Waals surface area contributed by atoms with Crippen molar-refractivity contribution in [3.05, 3.63) is 132 Å². The number of carbonyl (C=O) groups is 2. The number of nitrogens with zero attached hydrogens (tertiary/aromatic N) is 6. The van der Waals surface area contributed by atoms with E-state index in [9.17, 15) is 27.1 Å². The topological polar surface area (TPSA) is 184 Å². The van der Waals surface area contributed by atoms with Crippen molar-refractivity contribution < 1.29 is 31.5 Å². The van der Waals surface area contributed by atoms with Gasteiger partial charge in [-0.05, 0) is 61.5 Å². The van der Waals surface area contributed by atoms with Crippen molar-refractivity contribution in [1.82, 2.24) is 15.3 Å². The van der Waals surface area contributed by atoms with Crippen LogP contribution in [0.4, 0.5) is 48.8 Å². The minimum Gasteiger partial charge on any atom is -0.377 e. The van der Waals surface area contributed by atoms with E-state index in [-0.39, 0.29) is 30.5 Å². The van der Waals surface area contributed by atoms with Crippen molar-refractivity contribution in [1.29, 1.82) is 0 Å². The molecule has 5 N–H and O–H groups in total. The number of fused-ring (bicyclic) bond motifs is 2. The van der Waals surface area contributed by atoms with Gasteiger partial charge in [0.25, 0.3) is 22.5 Å². The van der Waals surface area contributed by atoms with Gasteiger partial charge in [0.1, 0.15) is 5.82 Å². The summed E-state index contributed by atoms with van der Waals surface area (Å²) in [4.78, 5) is 39.1. The standard InChI is InChI=1S/C48H46FN9O6S4/c1-29(23-45(59)53-47-52-39(28-65-47)31-21-22-37(49)44(25-31)58(68(63)64)43-20-10-14-34-36(43)16-8-18-41(34)56(4)5)50-26-46(60)54-48-51-38(27-66-48)30-11-6-12-32(24-30)57(67(61)62)42-19-9-13-33-35(42)15-7-17-40(33)55(2)3/h6-22,24-25,27-29,50H,23,26H2,1-5H3,(H,61,62)(H,63,64)(H,51,54,60)(H,52,53,59). The van der Waals surface area contributed by atoms with Crippen molar-refractivity contribution in [3.63, 3.8) is 0 Å². The SMILES string of the molecule is CC(CC(=O)Nc1nc(-c2ccc(F)c(N(c3cccc4c(N(C)C)cccc34)S(=O)O)c2)cs1)NCC(=O)Nc1nc(-c2cccc(N(c3cccc4c(N(C)C)cccc34)S(=O)O)c2)cs1. The van der Waals surface area contributed by atoms with E-state index in [2.05, 4.69) is 25.9 Å². The van der Waals surface area contributed by atoms with Crippen LogP contribution in [-0.2, 0) is 32.1 Å². The second-order valence-electron chi connectivity index (χ2n) is 16.0. The van der Waals surface area contributed by atoms with Gasteiger partial charge in [0.15, 0.2) is 10.3 Å². The first-order chi connectivity index (χ1) is 32.7. The Morgan fingerprint density at radius 3 is 1.62 bits per heavy atom. The summed E-state index contributed by atoms with van der Waals surface area (Å²) >= 11 is -2.65. The first-order valence-corrected chi connectivity index (χ1v) is 24.9. The predicted octanol–water partition coefficient (Wildman–Crippen LogP) is 10.0. The summed E-state index contributed by atoms with van der Waals surface area (Å²) in [7, 11) is 7.69. The molecule has 0 spiro atoms. The fourth-order valence-corrected chi connectivity index (χ4v) is 10.5. The zero-order valence-electron chi connectivity index (χ0n) is 37.3. The molecule has 68 heavy (non-hydrogen) atoms. The summed E-state index contributed by atoms with van der Waals surface area (Å²) in [5.74, 6) is -1.43. The van der Waals surface area contributed by atoms with E-state index >= 15 is 4.39 Å². The molecule has 0 aliphatic heterocycles. The van der Waals surface area contributed by atoms with Crippen LogP contribution in [0.3, 0.4) is 0 Å². The molecule has 2 heterocycles. The van der Waals surface area contributed by atoms with Crippen LogP contribution in [0.5, 0.6) is 0 Å². The second kappa shape index (κ2) is 20.7. The van der Waals surface area contributed by atoms with Crippen molar-refractivity contribution in [2.45, 2.75) is 19.4 Å². The van der Waals surface area contributed by atoms with E-state index in [0.717, 1.165) is 31.8 Å². The number of nitrogens with one attached hydrogen (secondary N) is 3. The monoisotopic (exact) mass is 991 g/mol. The summed E-state index contributed by atoms with van der Waals surface area (Å²) in [6, 6.07) is 33.3. The van der Waals surface area contributed by atoms with Crippen molar-refractivity contribution in [3.8, 4) is 22.5 Å². The van der Waals surface area contributed by atoms with Gasteiger partial charge < -0.3 is 25.8 Å². The Kier molecular flexibility index (Phi) is 14.6. The van der Waals surface area contributed by atoms with Gasteiger partial charge in [0.2, 0.25) is 11.8 Å². The Morgan fingerprint density at radius 2 is 1.09 bits per heavy atom. The highest BCUT2D eigenvalue weighted by molar-refractivity contribution is 7.81. The first-order valence-electron chi connectivity index (χ1n) is 21.0. The Labute approximate surface area is 405 Å². The van der Waals surface area contributed by atoms with Crippen LogP contribution >= 0.6 is 22.7 Å². The summed E-state index contributed by atoms with van der Waals surface area (Å²) in [6.07, 6.45) is 0.0176. The summed E-state index contributed by atoms with van der Waals surface area (Å²) < 4.78 is 64.7. The molecule has 3 atom stereocenters. The number of thiazole rings is 2. The number of hydrogen-bond acceptors (Lipinski definition) is 11. The van der Waals surface area contributed by atoms with Gasteiger partial charge in [0.05, 0.1) is 40.7 Å². The van der Waals surface area contributed by atoms with Gasteiger partial charge in [-0.25, -0.2) is 31.4 Å². The normalized spacial score (nSPS) is 12.6. The Hall–Kier alpha value is -6.65. The molecule has 350 valence electrons. The number of halogens is 1. The number of rotatable bonds is 17. The van der Waals surface area contributed by atoms with Gasteiger partial charge in [-0.3, -0.25) is 18.7 Å². The average molecular weight is 992 g/mol. The lowest BCUT2D eigenvalue weighted by Gasteiger charge is -2.24. The maximum absolute atomic E-state index is 15.5. The lowest BCUT2D eigenvalue weighted by molar-refractivity contribution is -0.118. The predicted molar refractivity (Wildman–Crippen MR) is 277 cm³/mol. The van der Waals surface area contributed by atoms with Crippen LogP contribution in [0.2, 0.25) is 0 Å². The lowest BCUT2D eigenvalue weighted by atomic mass is 10.1. The zero-order chi connectivity index (χ0) is 48.2. The summed E-state index contributed by atoms with van der Waals surface area (Å²) in [5, 5.41) is 16.0. The molecule has 0 saturated carbocycles. The first kappa shape index (κ1) is 47.8. The number of amides is 2. The van der Waals surface area contributed by atoms with Gasteiger partial charge in [-0.15, -0.1) is 22.7 Å². The van der Waals surface area contributed by atoms with E-state index in [1.807, 2.05) is 98.7 Å². The van der Waals surface area contributed by atoms with Crippen LogP contribution in [0.1, 0.15) is 13.3 Å². The Balaban J connectivity index is 0.871. The molecule has 0 saturated heterocycles. The fourth-order valence-electron chi connectivity index (χ4n) is 7.80. The van der Waals surface area contributed by atoms with E-state index < -0.39 is 34.4 Å². The maximum atomic E-state index is 15.5. The number of benzene rings is 6. The number of hydrogen-bond donors (Lipinski definition) is 5. The second-order valence-corrected chi connectivity index (χ2v) is 19.4. The molecule has 20 heteroatoms. The van der Waals surface area contributed by atoms with E-state index in [4.69, 9.17) is 0 Å². The summed E-state index contributed by atoms with van der Waals surface area (Å²) in [5.41, 5.74) is 5.25. The number of aromatic nitrogens is 2. The molecule has 15 nitrogen and oxygen atoms in total. The molecule has 8 rings (SSSR count). The Bertz CT molecular complexity index is 3220. The fraction of sp³-hybridized carbons (Fsp3) is 0.167. The van der Waals surface area contributed by atoms with Crippen molar-refractivity contribution in [2.24, 2.45) is 0 Å². The molecule has 0 aliphatic rings. The third-order valence-electron chi connectivity index (χ3n) is 10.9. The molecule has 0 aliphatic carbocycles. The van der Waals surface area contributed by atoms with E-state index in [0.29, 0.717) is 55.2 Å². The third kappa shape index (κ3) is 10.4. The van der Waals surface area contributed by atoms with Gasteiger partial charge >= 0.3 is 0 Å². The van der Waals surface area contributed by atoms with Crippen LogP contribution < -0.4 is 34.4 Å². The molecule has 2 aromatic heterocycles. The van der Waals surface area contributed by atoms with Gasteiger partial charge in [-0.2, -0.15) is 0 Å². The van der Waals surface area contributed by atoms with E-state index in [1.165, 1.54) is 45.2 Å². The average Bonchev–Trinajstić information content (AvgIpc) is 3.98. The van der Waals surface area contributed by atoms with Crippen LogP contribution in [-0.4, -0.2) is 80.1 Å². The highest BCUT2D eigenvalue weighted by atomic mass is 32.2. The minimum absolute atomic E-state index is 0.0176. The molecule has 0 bridgehead atoms. The quantitative estimate of drug-likeness (QED) is 0.0548. The molecule has 0 radical (unpaired) electrons. The minimum atomic E-state index is -2.64. The maximum Gasteiger partial charge on any atom is 0.266 e. The number of anilines is 8. The summed E-state index contributed by atoms with van der Waals surface area (Å²) in [6.45, 7) is 1.67. The van der Waals surface area contributed by atoms with Crippen LogP contribution in [0.25, 0.3) is 44.1 Å². The van der Waals surface area contributed by atoms with Gasteiger partial charge in [0, 0.05) is 95.5 Å². The van der Waals surface area contributed by atoms with Gasteiger partial charge in [-0.1, -0.05) is 60.7 Å². The molecule has 0 fully saturated rings. The Morgan fingerprint density at radius 1 is 0.618 bits per heavy atom. The highest BCUT2D eigenvalue weighted by Crippen LogP contribution is 2.41. The molecular weight excluding hydrogens is 946 g/mol. The molecule has 6 aromatic carbocycles. The highest BCUT2D eigenvalue weighted by Gasteiger charge is 2.24. The van der Waals surface area contributed by atoms with Crippen LogP contribution in [0.15, 0.2) is 126 Å². The van der Waals surface area contributed by atoms with Crippen LogP contribution in [0, 0.1) is 5.82 Å². The zero-order valence-corrected chi connectivity index (χ0v) is 40.6. The lowest BCUT2D eigenvalue weighted by Crippen LogP contribution is -2.36. The third-order valence-corrected chi connectivity index (χ3v) is 13.8. The van der Waals surface area contributed by atoms with Crippen molar-refractivity contribution in [2.75, 3.05) is 63.8 Å². The van der Waals surface area contributed by atoms with Crippen molar-refractivity contribution >= 4 is 123 Å². The van der Waals surface area contributed by atoms with E-state index in [1.54, 1.807) is 54.1 Å². The molecule has 3 unspecified atom stereocenters. The molecular formula is C48H46FN9O6S4. The number of carbonyl (C=O) groups excluding carboxylic acids is 2. The largest absolute Gasteiger partial charge is 0.377 e. The molecule has 8 aromatic rings.